The zero-order valence-corrected chi connectivity index (χ0v) is 15.6. The summed E-state index contributed by atoms with van der Waals surface area (Å²) >= 11 is 1.62. The first kappa shape index (κ1) is 18.2. The van der Waals surface area contributed by atoms with E-state index in [1.807, 2.05) is 54.8 Å². The monoisotopic (exact) mass is 369 g/mol. The summed E-state index contributed by atoms with van der Waals surface area (Å²) in [5, 5.41) is 7.95. The van der Waals surface area contributed by atoms with Crippen LogP contribution in [0.15, 0.2) is 47.9 Å². The molecule has 3 amide bonds. The van der Waals surface area contributed by atoms with Crippen LogP contribution in [0.1, 0.15) is 23.3 Å². The second-order valence-corrected chi connectivity index (χ2v) is 7.31. The number of nitrogens with one attached hydrogen (secondary N) is 2. The smallest absolute Gasteiger partial charge is 0.321 e. The highest BCUT2D eigenvalue weighted by Gasteiger charge is 2.23. The number of carbonyl (C=O) groups excluding carboxylic acids is 2. The molecule has 3 rings (SSSR count). The predicted octanol–water partition coefficient (Wildman–Crippen LogP) is 3.88. The number of rotatable bonds is 4. The van der Waals surface area contributed by atoms with Crippen LogP contribution in [-0.4, -0.2) is 36.0 Å². The van der Waals surface area contributed by atoms with Crippen LogP contribution in [0, 0.1) is 6.92 Å². The number of amides is 3. The van der Waals surface area contributed by atoms with Crippen LogP contribution in [0.2, 0.25) is 0 Å². The number of piperidine rings is 1. The molecule has 5 nitrogen and oxygen atoms in total. The van der Waals surface area contributed by atoms with Gasteiger partial charge in [0, 0.05) is 35.8 Å². The molecule has 136 valence electrons. The van der Waals surface area contributed by atoms with Gasteiger partial charge in [-0.1, -0.05) is 18.2 Å². The van der Waals surface area contributed by atoms with E-state index in [2.05, 4.69) is 10.6 Å². The van der Waals surface area contributed by atoms with Gasteiger partial charge in [0.15, 0.2) is 0 Å². The van der Waals surface area contributed by atoms with Crippen LogP contribution >= 0.6 is 11.3 Å². The lowest BCUT2D eigenvalue weighted by Gasteiger charge is -2.32. The van der Waals surface area contributed by atoms with Gasteiger partial charge in [-0.05, 0) is 55.0 Å². The molecule has 0 saturated carbocycles. The van der Waals surface area contributed by atoms with Crippen molar-refractivity contribution in [3.63, 3.8) is 0 Å². The van der Waals surface area contributed by atoms with Gasteiger partial charge in [-0.3, -0.25) is 4.79 Å². The fraction of sp³-hybridized carbons (Fsp3) is 0.300. The Bertz CT molecular complexity index is 777. The fourth-order valence-electron chi connectivity index (χ4n) is 2.91. The van der Waals surface area contributed by atoms with Crippen molar-refractivity contribution in [2.75, 3.05) is 18.4 Å². The second kappa shape index (κ2) is 8.67. The summed E-state index contributed by atoms with van der Waals surface area (Å²) in [6.45, 7) is 3.30. The van der Waals surface area contributed by atoms with Gasteiger partial charge in [0.05, 0.1) is 0 Å². The van der Waals surface area contributed by atoms with E-state index in [4.69, 9.17) is 0 Å². The molecule has 2 heterocycles. The molecule has 2 aromatic rings. The third-order valence-corrected chi connectivity index (χ3v) is 5.43. The van der Waals surface area contributed by atoms with E-state index in [1.54, 1.807) is 22.3 Å². The first-order chi connectivity index (χ1) is 12.6. The Balaban J connectivity index is 1.43. The van der Waals surface area contributed by atoms with Crippen molar-refractivity contribution in [1.29, 1.82) is 0 Å². The van der Waals surface area contributed by atoms with Crippen LogP contribution < -0.4 is 10.6 Å². The number of benzene rings is 1. The lowest BCUT2D eigenvalue weighted by molar-refractivity contribution is -0.117. The molecule has 0 bridgehead atoms. The number of hydrogen-bond donors (Lipinski definition) is 2. The van der Waals surface area contributed by atoms with Gasteiger partial charge in [0.2, 0.25) is 5.91 Å². The average Bonchev–Trinajstić information content (AvgIpc) is 3.06. The van der Waals surface area contributed by atoms with Crippen molar-refractivity contribution in [2.45, 2.75) is 25.8 Å². The van der Waals surface area contributed by atoms with Crippen molar-refractivity contribution >= 4 is 35.0 Å². The maximum absolute atomic E-state index is 12.3. The van der Waals surface area contributed by atoms with Crippen molar-refractivity contribution in [3.05, 3.63) is 58.3 Å². The summed E-state index contributed by atoms with van der Waals surface area (Å²) in [7, 11) is 0. The molecule has 1 aromatic carbocycles. The number of nitrogens with zero attached hydrogens (tertiary/aromatic N) is 1. The highest BCUT2D eigenvalue weighted by Crippen LogP contribution is 2.17. The van der Waals surface area contributed by atoms with E-state index in [9.17, 15) is 9.59 Å². The summed E-state index contributed by atoms with van der Waals surface area (Å²) in [6.07, 6.45) is 4.98. The van der Waals surface area contributed by atoms with E-state index in [-0.39, 0.29) is 18.0 Å². The van der Waals surface area contributed by atoms with Gasteiger partial charge in [-0.25, -0.2) is 4.79 Å². The fourth-order valence-corrected chi connectivity index (χ4v) is 3.73. The van der Waals surface area contributed by atoms with Gasteiger partial charge in [-0.2, -0.15) is 0 Å². The zero-order valence-electron chi connectivity index (χ0n) is 14.8. The SMILES string of the molecule is Cc1ccsc1/C=C/C(=O)NC1CCN(C(=O)Nc2ccccc2)CC1. The molecule has 1 aromatic heterocycles. The minimum atomic E-state index is -0.0888. The molecule has 1 aliphatic rings. The molecule has 1 aliphatic heterocycles. The van der Waals surface area contributed by atoms with Crippen LogP contribution in [0.5, 0.6) is 0 Å². The van der Waals surface area contributed by atoms with Gasteiger partial charge in [0.25, 0.3) is 0 Å². The number of hydrogen-bond acceptors (Lipinski definition) is 3. The van der Waals surface area contributed by atoms with Gasteiger partial charge in [0.1, 0.15) is 0 Å². The molecule has 0 radical (unpaired) electrons. The van der Waals surface area contributed by atoms with Crippen molar-refractivity contribution < 1.29 is 9.59 Å². The molecule has 1 saturated heterocycles. The van der Waals surface area contributed by atoms with Gasteiger partial charge >= 0.3 is 6.03 Å². The Labute approximate surface area is 157 Å². The molecule has 0 atom stereocenters. The topological polar surface area (TPSA) is 61.4 Å². The molecular weight excluding hydrogens is 346 g/mol. The Morgan fingerprint density at radius 1 is 1.15 bits per heavy atom. The van der Waals surface area contributed by atoms with Gasteiger partial charge < -0.3 is 15.5 Å². The minimum Gasteiger partial charge on any atom is -0.350 e. The normalized spacial score (nSPS) is 15.2. The molecule has 26 heavy (non-hydrogen) atoms. The van der Waals surface area contributed by atoms with E-state index in [1.165, 1.54) is 5.56 Å². The number of para-hydroxylation sites is 1. The average molecular weight is 369 g/mol. The minimum absolute atomic E-state index is 0.0787. The Hall–Kier alpha value is -2.60. The lowest BCUT2D eigenvalue weighted by atomic mass is 10.1. The van der Waals surface area contributed by atoms with Crippen LogP contribution in [-0.2, 0) is 4.79 Å². The van der Waals surface area contributed by atoms with E-state index in [0.717, 1.165) is 23.4 Å². The maximum Gasteiger partial charge on any atom is 0.321 e. The number of likely N-dealkylation sites (tertiary alicyclic amines) is 1. The largest absolute Gasteiger partial charge is 0.350 e. The quantitative estimate of drug-likeness (QED) is 0.804. The van der Waals surface area contributed by atoms with Crippen molar-refractivity contribution in [2.24, 2.45) is 0 Å². The molecule has 0 unspecified atom stereocenters. The van der Waals surface area contributed by atoms with Crippen molar-refractivity contribution in [3.8, 4) is 0 Å². The highest BCUT2D eigenvalue weighted by atomic mass is 32.1. The molecule has 1 fully saturated rings. The van der Waals surface area contributed by atoms with Crippen LogP contribution in [0.4, 0.5) is 10.5 Å². The van der Waals surface area contributed by atoms with Crippen molar-refractivity contribution in [1.82, 2.24) is 10.2 Å². The summed E-state index contributed by atoms with van der Waals surface area (Å²) < 4.78 is 0. The van der Waals surface area contributed by atoms with E-state index in [0.29, 0.717) is 13.1 Å². The molecule has 0 aliphatic carbocycles. The summed E-state index contributed by atoms with van der Waals surface area (Å²) in [6, 6.07) is 11.5. The number of urea groups is 1. The number of anilines is 1. The lowest BCUT2D eigenvalue weighted by Crippen LogP contribution is -2.47. The summed E-state index contributed by atoms with van der Waals surface area (Å²) in [5.74, 6) is -0.0787. The molecule has 2 N–H and O–H groups in total. The number of carbonyl (C=O) groups is 2. The maximum atomic E-state index is 12.3. The van der Waals surface area contributed by atoms with E-state index < -0.39 is 0 Å². The molecule has 6 heteroatoms. The Morgan fingerprint density at radius 3 is 2.54 bits per heavy atom. The third-order valence-electron chi connectivity index (χ3n) is 4.44. The molecule has 0 spiro atoms. The first-order valence-electron chi connectivity index (χ1n) is 8.75. The summed E-state index contributed by atoms with van der Waals surface area (Å²) in [4.78, 5) is 27.3. The summed E-state index contributed by atoms with van der Waals surface area (Å²) in [5.41, 5.74) is 1.97. The molecular formula is C20H23N3O2S. The second-order valence-electron chi connectivity index (χ2n) is 6.37. The standard InChI is InChI=1S/C20H23N3O2S/c1-15-11-14-26-18(15)7-8-19(24)21-17-9-12-23(13-10-17)20(25)22-16-5-3-2-4-6-16/h2-8,11,14,17H,9-10,12-13H2,1H3,(H,21,24)(H,22,25)/b8-7+. The zero-order chi connectivity index (χ0) is 18.4. The first-order valence-corrected chi connectivity index (χ1v) is 9.63. The van der Waals surface area contributed by atoms with Gasteiger partial charge in [-0.15, -0.1) is 11.3 Å². The van der Waals surface area contributed by atoms with Crippen LogP contribution in [0.3, 0.4) is 0 Å². The van der Waals surface area contributed by atoms with Crippen LogP contribution in [0.25, 0.3) is 6.08 Å². The highest BCUT2D eigenvalue weighted by molar-refractivity contribution is 7.11. The Kier molecular flexibility index (Phi) is 6.07. The Morgan fingerprint density at radius 2 is 1.88 bits per heavy atom. The number of thiophene rings is 1. The number of aryl methyl sites for hydroxylation is 1. The predicted molar refractivity (Wildman–Crippen MR) is 106 cm³/mol. The third kappa shape index (κ3) is 4.95. The van der Waals surface area contributed by atoms with E-state index >= 15 is 0 Å².